The Balaban J connectivity index is 0.836. The first-order valence-corrected chi connectivity index (χ1v) is 28.9. The number of aromatic nitrogens is 7. The van der Waals surface area contributed by atoms with E-state index in [1.807, 2.05) is 0 Å². The number of rotatable bonds is 7. The van der Waals surface area contributed by atoms with Crippen molar-refractivity contribution in [2.75, 3.05) is 0 Å². The van der Waals surface area contributed by atoms with Gasteiger partial charge in [-0.3, -0.25) is 0 Å². The predicted molar refractivity (Wildman–Crippen MR) is 328 cm³/mol. The molecule has 5 aliphatic rings. The van der Waals surface area contributed by atoms with Crippen LogP contribution in [0.25, 0.3) is 128 Å². The van der Waals surface area contributed by atoms with Gasteiger partial charge in [0.25, 0.3) is 0 Å². The minimum atomic E-state index is -0.0820. The minimum absolute atomic E-state index is 0.0820. The highest BCUT2D eigenvalue weighted by Crippen LogP contribution is 2.60. The van der Waals surface area contributed by atoms with Gasteiger partial charge in [0.1, 0.15) is 5.82 Å². The Morgan fingerprint density at radius 3 is 1.27 bits per heavy atom. The molecule has 0 saturated heterocycles. The van der Waals surface area contributed by atoms with Crippen LogP contribution in [0, 0.1) is 17.8 Å². The van der Waals surface area contributed by atoms with Gasteiger partial charge in [-0.05, 0) is 172 Å². The topological polar surface area (TPSA) is 58.4 Å². The third kappa shape index (κ3) is 6.40. The van der Waals surface area contributed by atoms with E-state index in [4.69, 9.17) is 15.0 Å². The van der Waals surface area contributed by atoms with Crippen molar-refractivity contribution in [3.63, 3.8) is 0 Å². The Hall–Kier alpha value is -9.33. The van der Waals surface area contributed by atoms with Gasteiger partial charge in [0.2, 0.25) is 0 Å². The van der Waals surface area contributed by atoms with E-state index in [-0.39, 0.29) is 5.41 Å². The lowest BCUT2D eigenvalue weighted by atomic mass is 9.49. The molecule has 382 valence electrons. The monoisotopic (exact) mass is 1030 g/mol. The fraction of sp³-hybridized carbons (Fsp3) is 0.164. The van der Waals surface area contributed by atoms with Crippen molar-refractivity contribution in [2.24, 2.45) is 17.8 Å². The standard InChI is InChI=1S/C73H55N7/c1-9-25-60-50(17-1)51-18-2-10-26-61(51)77(60)48-33-35-68-58(40-48)54-21-5-13-29-64(54)79(68)66-31-15-7-23-56(66)70-74-71(76-72(75-70)73-42-45-37-46(43-73)39-47(38-45)44-73)57-24-8-16-32-67(57)80-65-30-14-6-22-55(65)59-41-49(34-36-69(59)80)78-62-27-11-3-19-52(62)53-20-4-12-28-63(53)78/h1-3,5-19,21-36,40-41,45-47H,4,20,37-39,42-44H2/t45-,46?,47?,73-. The van der Waals surface area contributed by atoms with E-state index >= 15 is 0 Å². The molecule has 0 amide bonds. The van der Waals surface area contributed by atoms with Gasteiger partial charge < -0.3 is 18.3 Å². The lowest BCUT2D eigenvalue weighted by Gasteiger charge is -2.56. The molecule has 5 heterocycles. The van der Waals surface area contributed by atoms with E-state index in [9.17, 15) is 0 Å². The van der Waals surface area contributed by atoms with Crippen LogP contribution in [-0.4, -0.2) is 33.2 Å². The van der Waals surface area contributed by atoms with Gasteiger partial charge in [0, 0.05) is 71.3 Å². The van der Waals surface area contributed by atoms with Crippen LogP contribution in [0.1, 0.15) is 62.0 Å². The van der Waals surface area contributed by atoms with E-state index in [1.165, 1.54) is 90.5 Å². The Morgan fingerprint density at radius 1 is 0.362 bits per heavy atom. The first-order valence-electron chi connectivity index (χ1n) is 28.9. The van der Waals surface area contributed by atoms with Crippen LogP contribution in [0.4, 0.5) is 0 Å². The summed E-state index contributed by atoms with van der Waals surface area (Å²) in [6, 6.07) is 76.0. The summed E-state index contributed by atoms with van der Waals surface area (Å²) >= 11 is 0. The Labute approximate surface area is 462 Å². The molecule has 5 aromatic heterocycles. The number of allylic oxidation sites excluding steroid dienone is 1. The zero-order valence-corrected chi connectivity index (χ0v) is 44.3. The van der Waals surface area contributed by atoms with Crippen molar-refractivity contribution in [3.8, 4) is 45.5 Å². The molecule has 19 rings (SSSR count). The van der Waals surface area contributed by atoms with E-state index in [2.05, 4.69) is 237 Å². The van der Waals surface area contributed by atoms with E-state index in [1.54, 1.807) is 0 Å². The minimum Gasteiger partial charge on any atom is -0.310 e. The highest BCUT2D eigenvalue weighted by molar-refractivity contribution is 6.13. The number of para-hydroxylation sites is 7. The lowest BCUT2D eigenvalue weighted by molar-refractivity contribution is -0.00938. The quantitative estimate of drug-likeness (QED) is 0.160. The number of nitrogens with zero attached hydrogens (tertiary/aromatic N) is 7. The van der Waals surface area contributed by atoms with Crippen LogP contribution in [0.5, 0.6) is 0 Å². The maximum absolute atomic E-state index is 5.78. The second kappa shape index (κ2) is 16.8. The number of benzene rings is 9. The SMILES string of the molecule is C1=Cc2c(c3ccccc3n2-c2ccc3c(c2)c2ccccc2n3-c2ccccc2-c2nc(-c3ccccc3-n3c4ccccc4c4cc(-n5c6ccccc6c6ccccc65)ccc43)nc([C@]34CC5CC(C[C@H](C5)C3)C4)n2)CC1. The summed E-state index contributed by atoms with van der Waals surface area (Å²) in [5.41, 5.74) is 17.3. The second-order valence-corrected chi connectivity index (χ2v) is 23.7. The largest absolute Gasteiger partial charge is 0.310 e. The molecule has 0 N–H and O–H groups in total. The fourth-order valence-corrected chi connectivity index (χ4v) is 16.3. The van der Waals surface area contributed by atoms with Crippen molar-refractivity contribution in [3.05, 3.63) is 229 Å². The van der Waals surface area contributed by atoms with Gasteiger partial charge in [-0.15, -0.1) is 0 Å². The molecule has 0 spiro atoms. The molecule has 4 bridgehead atoms. The molecule has 0 unspecified atom stereocenters. The van der Waals surface area contributed by atoms with Gasteiger partial charge in [-0.1, -0.05) is 121 Å². The maximum atomic E-state index is 5.78. The molecule has 0 aliphatic heterocycles. The van der Waals surface area contributed by atoms with Crippen LogP contribution in [0.3, 0.4) is 0 Å². The average molecular weight is 1030 g/mol. The Morgan fingerprint density at radius 2 is 0.762 bits per heavy atom. The molecular weight excluding hydrogens is 975 g/mol. The maximum Gasteiger partial charge on any atom is 0.165 e. The highest BCUT2D eigenvalue weighted by Gasteiger charge is 2.53. The summed E-state index contributed by atoms with van der Waals surface area (Å²) < 4.78 is 9.80. The third-order valence-electron chi connectivity index (χ3n) is 19.2. The lowest BCUT2D eigenvalue weighted by Crippen LogP contribution is -2.49. The fourth-order valence-electron chi connectivity index (χ4n) is 16.3. The van der Waals surface area contributed by atoms with Crippen molar-refractivity contribution in [1.82, 2.24) is 33.2 Å². The van der Waals surface area contributed by atoms with E-state index in [0.717, 1.165) is 118 Å². The first kappa shape index (κ1) is 44.6. The van der Waals surface area contributed by atoms with Crippen molar-refractivity contribution in [1.29, 1.82) is 0 Å². The van der Waals surface area contributed by atoms with Gasteiger partial charge in [-0.25, -0.2) is 15.0 Å². The molecule has 7 heteroatoms. The Kier molecular flexibility index (Phi) is 9.40. The molecular formula is C73H55N7. The molecule has 4 saturated carbocycles. The normalized spacial score (nSPS) is 19.5. The highest BCUT2D eigenvalue weighted by atomic mass is 15.1. The van der Waals surface area contributed by atoms with Crippen LogP contribution in [0.15, 0.2) is 212 Å². The molecule has 14 aromatic rings. The summed E-state index contributed by atoms with van der Waals surface area (Å²) in [6.07, 6.45) is 14.3. The van der Waals surface area contributed by atoms with Gasteiger partial charge in [-0.2, -0.15) is 0 Å². The smallest absolute Gasteiger partial charge is 0.165 e. The summed E-state index contributed by atoms with van der Waals surface area (Å²) in [5, 5.41) is 8.69. The van der Waals surface area contributed by atoms with Crippen LogP contribution >= 0.6 is 0 Å². The number of hydrogen-bond acceptors (Lipinski definition) is 3. The summed E-state index contributed by atoms with van der Waals surface area (Å²) in [6.45, 7) is 0. The first-order chi connectivity index (χ1) is 39.6. The number of hydrogen-bond donors (Lipinski definition) is 0. The molecule has 0 atom stereocenters. The molecule has 9 aromatic carbocycles. The molecule has 4 fully saturated rings. The van der Waals surface area contributed by atoms with Crippen molar-refractivity contribution >= 4 is 82.4 Å². The second-order valence-electron chi connectivity index (χ2n) is 23.7. The number of fused-ring (bicyclic) bond motifs is 12. The van der Waals surface area contributed by atoms with Gasteiger partial charge >= 0.3 is 0 Å². The molecule has 5 aliphatic carbocycles. The predicted octanol–water partition coefficient (Wildman–Crippen LogP) is 17.9. The molecule has 0 radical (unpaired) electrons. The third-order valence-corrected chi connectivity index (χ3v) is 19.2. The van der Waals surface area contributed by atoms with Crippen LogP contribution in [-0.2, 0) is 11.8 Å². The number of aryl methyl sites for hydroxylation is 1. The Bertz CT molecular complexity index is 4870. The van der Waals surface area contributed by atoms with E-state index in [0.29, 0.717) is 0 Å². The summed E-state index contributed by atoms with van der Waals surface area (Å²) in [4.78, 5) is 17.3. The van der Waals surface area contributed by atoms with Gasteiger partial charge in [0.15, 0.2) is 11.6 Å². The van der Waals surface area contributed by atoms with Crippen molar-refractivity contribution in [2.45, 2.75) is 56.8 Å². The van der Waals surface area contributed by atoms with Crippen LogP contribution < -0.4 is 0 Å². The van der Waals surface area contributed by atoms with Gasteiger partial charge in [0.05, 0.1) is 50.0 Å². The van der Waals surface area contributed by atoms with E-state index < -0.39 is 0 Å². The van der Waals surface area contributed by atoms with Crippen molar-refractivity contribution < 1.29 is 0 Å². The average Bonchev–Trinajstić information content (AvgIpc) is 4.40. The molecule has 7 nitrogen and oxygen atoms in total. The zero-order chi connectivity index (χ0) is 52.2. The molecule has 80 heavy (non-hydrogen) atoms. The van der Waals surface area contributed by atoms with Crippen LogP contribution in [0.2, 0.25) is 0 Å². The zero-order valence-electron chi connectivity index (χ0n) is 44.3. The summed E-state index contributed by atoms with van der Waals surface area (Å²) in [7, 11) is 0. The summed E-state index contributed by atoms with van der Waals surface area (Å²) in [5.74, 6) is 4.60.